The number of benzene rings is 2. The van der Waals surface area contributed by atoms with E-state index in [1.165, 1.54) is 0 Å². The first-order valence-electron chi connectivity index (χ1n) is 7.64. The van der Waals surface area contributed by atoms with E-state index >= 15 is 0 Å². The summed E-state index contributed by atoms with van der Waals surface area (Å²) in [4.78, 5) is 19.6. The van der Waals surface area contributed by atoms with Crippen molar-refractivity contribution in [2.45, 2.75) is 0 Å². The van der Waals surface area contributed by atoms with Crippen molar-refractivity contribution < 1.29 is 9.53 Å². The van der Waals surface area contributed by atoms with Gasteiger partial charge in [-0.25, -0.2) is 0 Å². The van der Waals surface area contributed by atoms with Crippen LogP contribution in [0.15, 0.2) is 67.0 Å². The largest absolute Gasteiger partial charge is 0.483 e. The standard InChI is InChI=1S/C19H15N3O2/c23-19(12-24-18-8-2-6-16-14(18)9-11-21-16)22-17-7-1-5-15-13(17)4-3-10-20-15/h1-11,21H,12H2,(H,22,23). The molecule has 0 spiro atoms. The van der Waals surface area contributed by atoms with Gasteiger partial charge < -0.3 is 15.0 Å². The van der Waals surface area contributed by atoms with E-state index < -0.39 is 0 Å². The quantitative estimate of drug-likeness (QED) is 0.602. The van der Waals surface area contributed by atoms with Gasteiger partial charge in [-0.15, -0.1) is 0 Å². The number of ether oxygens (including phenoxy) is 1. The van der Waals surface area contributed by atoms with Crippen LogP contribution in [0.5, 0.6) is 5.75 Å². The number of hydrogen-bond acceptors (Lipinski definition) is 3. The molecule has 0 fully saturated rings. The Morgan fingerprint density at radius 3 is 2.92 bits per heavy atom. The number of rotatable bonds is 4. The molecule has 2 aromatic heterocycles. The molecule has 4 aromatic rings. The van der Waals surface area contributed by atoms with Gasteiger partial charge in [0.2, 0.25) is 0 Å². The number of pyridine rings is 1. The van der Waals surface area contributed by atoms with Crippen LogP contribution in [0.3, 0.4) is 0 Å². The molecule has 0 unspecified atom stereocenters. The summed E-state index contributed by atoms with van der Waals surface area (Å²) in [6.07, 6.45) is 3.58. The number of nitrogens with zero attached hydrogens (tertiary/aromatic N) is 1. The number of carbonyl (C=O) groups excluding carboxylic acids is 1. The molecule has 0 aliphatic carbocycles. The summed E-state index contributed by atoms with van der Waals surface area (Å²) in [5.74, 6) is 0.474. The molecule has 0 atom stereocenters. The van der Waals surface area contributed by atoms with Gasteiger partial charge in [-0.05, 0) is 42.5 Å². The molecule has 2 heterocycles. The van der Waals surface area contributed by atoms with Gasteiger partial charge in [-0.1, -0.05) is 12.1 Å². The Morgan fingerprint density at radius 2 is 1.96 bits per heavy atom. The van der Waals surface area contributed by atoms with Crippen LogP contribution in [0.4, 0.5) is 5.69 Å². The lowest BCUT2D eigenvalue weighted by Gasteiger charge is -2.10. The molecule has 0 bridgehead atoms. The number of hydrogen-bond donors (Lipinski definition) is 2. The van der Waals surface area contributed by atoms with Crippen LogP contribution >= 0.6 is 0 Å². The topological polar surface area (TPSA) is 67.0 Å². The summed E-state index contributed by atoms with van der Waals surface area (Å²) in [6.45, 7) is -0.0546. The minimum Gasteiger partial charge on any atom is -0.483 e. The van der Waals surface area contributed by atoms with Gasteiger partial charge in [-0.3, -0.25) is 9.78 Å². The lowest BCUT2D eigenvalue weighted by molar-refractivity contribution is -0.118. The summed E-state index contributed by atoms with van der Waals surface area (Å²) in [5, 5.41) is 4.75. The number of H-pyrrole nitrogens is 1. The number of aromatic nitrogens is 2. The minimum atomic E-state index is -0.209. The molecule has 2 N–H and O–H groups in total. The molecule has 0 aliphatic rings. The highest BCUT2D eigenvalue weighted by molar-refractivity contribution is 6.01. The number of carbonyl (C=O) groups is 1. The zero-order valence-corrected chi connectivity index (χ0v) is 12.8. The number of nitrogens with one attached hydrogen (secondary N) is 2. The average Bonchev–Trinajstić information content (AvgIpc) is 3.09. The molecule has 5 nitrogen and oxygen atoms in total. The van der Waals surface area contributed by atoms with Crippen molar-refractivity contribution in [1.29, 1.82) is 0 Å². The molecule has 0 radical (unpaired) electrons. The lowest BCUT2D eigenvalue weighted by Crippen LogP contribution is -2.20. The van der Waals surface area contributed by atoms with Crippen molar-refractivity contribution >= 4 is 33.4 Å². The minimum absolute atomic E-state index is 0.0546. The molecular formula is C19H15N3O2. The van der Waals surface area contributed by atoms with E-state index in [1.807, 2.05) is 60.8 Å². The predicted molar refractivity (Wildman–Crippen MR) is 94.2 cm³/mol. The fraction of sp³-hybridized carbons (Fsp3) is 0.0526. The summed E-state index contributed by atoms with van der Waals surface area (Å²) >= 11 is 0. The second-order valence-electron chi connectivity index (χ2n) is 5.41. The number of fused-ring (bicyclic) bond motifs is 2. The van der Waals surface area contributed by atoms with Crippen molar-refractivity contribution in [2.24, 2.45) is 0 Å². The van der Waals surface area contributed by atoms with Crippen molar-refractivity contribution in [3.8, 4) is 5.75 Å². The first-order chi connectivity index (χ1) is 11.8. The fourth-order valence-electron chi connectivity index (χ4n) is 2.72. The lowest BCUT2D eigenvalue weighted by atomic mass is 10.2. The Kier molecular flexibility index (Phi) is 3.59. The molecular weight excluding hydrogens is 302 g/mol. The van der Waals surface area contributed by atoms with E-state index in [0.29, 0.717) is 5.75 Å². The Morgan fingerprint density at radius 1 is 1.04 bits per heavy atom. The maximum absolute atomic E-state index is 12.2. The van der Waals surface area contributed by atoms with Crippen LogP contribution in [-0.4, -0.2) is 22.5 Å². The first-order valence-corrected chi connectivity index (χ1v) is 7.64. The van der Waals surface area contributed by atoms with Gasteiger partial charge in [-0.2, -0.15) is 0 Å². The highest BCUT2D eigenvalue weighted by Gasteiger charge is 2.09. The predicted octanol–water partition coefficient (Wildman–Crippen LogP) is 3.73. The van der Waals surface area contributed by atoms with Crippen LogP contribution in [0.1, 0.15) is 0 Å². The zero-order valence-electron chi connectivity index (χ0n) is 12.8. The van der Waals surface area contributed by atoms with E-state index in [9.17, 15) is 4.79 Å². The van der Waals surface area contributed by atoms with Crippen molar-refractivity contribution in [2.75, 3.05) is 11.9 Å². The fourth-order valence-corrected chi connectivity index (χ4v) is 2.72. The third kappa shape index (κ3) is 2.67. The second kappa shape index (κ2) is 6.04. The number of anilines is 1. The highest BCUT2D eigenvalue weighted by atomic mass is 16.5. The van der Waals surface area contributed by atoms with Gasteiger partial charge in [0.15, 0.2) is 6.61 Å². The highest BCUT2D eigenvalue weighted by Crippen LogP contribution is 2.25. The smallest absolute Gasteiger partial charge is 0.262 e. The van der Waals surface area contributed by atoms with Gasteiger partial charge in [0, 0.05) is 28.7 Å². The molecule has 1 amide bonds. The molecule has 4 rings (SSSR count). The number of aromatic amines is 1. The van der Waals surface area contributed by atoms with Crippen molar-refractivity contribution in [3.05, 3.63) is 67.0 Å². The van der Waals surface area contributed by atoms with Crippen LogP contribution in [-0.2, 0) is 4.79 Å². The summed E-state index contributed by atoms with van der Waals surface area (Å²) in [5.41, 5.74) is 2.55. The first kappa shape index (κ1) is 14.3. The Hall–Kier alpha value is -3.34. The molecule has 118 valence electrons. The maximum Gasteiger partial charge on any atom is 0.262 e. The van der Waals surface area contributed by atoms with Crippen LogP contribution in [0, 0.1) is 0 Å². The summed E-state index contributed by atoms with van der Waals surface area (Å²) in [7, 11) is 0. The molecule has 0 saturated heterocycles. The van der Waals surface area contributed by atoms with Crippen molar-refractivity contribution in [1.82, 2.24) is 9.97 Å². The SMILES string of the molecule is O=C(COc1cccc2[nH]ccc12)Nc1cccc2ncccc12. The Balaban J connectivity index is 1.50. The van der Waals surface area contributed by atoms with E-state index in [4.69, 9.17) is 4.74 Å². The monoisotopic (exact) mass is 317 g/mol. The number of amides is 1. The van der Waals surface area contributed by atoms with Gasteiger partial charge in [0.1, 0.15) is 5.75 Å². The van der Waals surface area contributed by atoms with E-state index in [0.717, 1.165) is 27.5 Å². The van der Waals surface area contributed by atoms with E-state index in [-0.39, 0.29) is 12.5 Å². The molecule has 2 aromatic carbocycles. The summed E-state index contributed by atoms with van der Waals surface area (Å²) < 4.78 is 5.68. The normalized spacial score (nSPS) is 10.8. The van der Waals surface area contributed by atoms with Gasteiger partial charge in [0.05, 0.1) is 11.2 Å². The third-order valence-electron chi connectivity index (χ3n) is 3.83. The van der Waals surface area contributed by atoms with E-state index in [1.54, 1.807) is 6.20 Å². The van der Waals surface area contributed by atoms with Crippen LogP contribution in [0.25, 0.3) is 21.8 Å². The zero-order chi connectivity index (χ0) is 16.4. The second-order valence-corrected chi connectivity index (χ2v) is 5.41. The van der Waals surface area contributed by atoms with Crippen molar-refractivity contribution in [3.63, 3.8) is 0 Å². The molecule has 0 aliphatic heterocycles. The molecule has 5 heteroatoms. The molecule has 24 heavy (non-hydrogen) atoms. The maximum atomic E-state index is 12.2. The average molecular weight is 317 g/mol. The summed E-state index contributed by atoms with van der Waals surface area (Å²) in [6, 6.07) is 17.0. The Labute approximate surface area is 138 Å². The third-order valence-corrected chi connectivity index (χ3v) is 3.83. The van der Waals surface area contributed by atoms with Crippen LogP contribution in [0.2, 0.25) is 0 Å². The van der Waals surface area contributed by atoms with Crippen LogP contribution < -0.4 is 10.1 Å². The molecule has 0 saturated carbocycles. The van der Waals surface area contributed by atoms with E-state index in [2.05, 4.69) is 15.3 Å². The van der Waals surface area contributed by atoms with Gasteiger partial charge >= 0.3 is 0 Å². The Bertz CT molecular complexity index is 1020. The van der Waals surface area contributed by atoms with Gasteiger partial charge in [0.25, 0.3) is 5.91 Å².